The van der Waals surface area contributed by atoms with Gasteiger partial charge in [0, 0.05) is 18.5 Å². The van der Waals surface area contributed by atoms with Gasteiger partial charge >= 0.3 is 0 Å². The van der Waals surface area contributed by atoms with Gasteiger partial charge in [0.1, 0.15) is 0 Å². The summed E-state index contributed by atoms with van der Waals surface area (Å²) in [6.07, 6.45) is 3.22. The van der Waals surface area contributed by atoms with E-state index >= 15 is 0 Å². The lowest BCUT2D eigenvalue weighted by Crippen LogP contribution is -2.13. The second-order valence-electron chi connectivity index (χ2n) is 6.11. The molecule has 2 rings (SSSR count). The molecule has 2 aromatic carbocycles. The van der Waals surface area contributed by atoms with E-state index in [4.69, 9.17) is 5.73 Å². The standard InChI is InChI=1S/C20H25N3O2/c1-15-8-7-9-16(14-15)22-19(24)12-3-2-4-13-20(25)23-18-11-6-5-10-17(18)21/h5-11,14H,2-4,12-13,21H2,1H3,(H,22,24)(H,23,25). The number of nitrogen functional groups attached to an aromatic ring is 1. The van der Waals surface area contributed by atoms with E-state index in [-0.39, 0.29) is 11.8 Å². The number of nitrogens with two attached hydrogens (primary N) is 1. The monoisotopic (exact) mass is 339 g/mol. The largest absolute Gasteiger partial charge is 0.397 e. The van der Waals surface area contributed by atoms with Crippen molar-refractivity contribution in [3.8, 4) is 0 Å². The van der Waals surface area contributed by atoms with Gasteiger partial charge in [-0.05, 0) is 49.6 Å². The first kappa shape index (κ1) is 18.5. The highest BCUT2D eigenvalue weighted by Crippen LogP contribution is 2.17. The van der Waals surface area contributed by atoms with Crippen molar-refractivity contribution in [2.45, 2.75) is 39.0 Å². The first-order valence-corrected chi connectivity index (χ1v) is 8.55. The van der Waals surface area contributed by atoms with Crippen LogP contribution in [0.1, 0.15) is 37.7 Å². The number of nitrogens with one attached hydrogen (secondary N) is 2. The topological polar surface area (TPSA) is 84.2 Å². The maximum absolute atomic E-state index is 11.9. The molecule has 132 valence electrons. The van der Waals surface area contributed by atoms with Crippen LogP contribution in [0.2, 0.25) is 0 Å². The predicted octanol–water partition coefficient (Wildman–Crippen LogP) is 4.10. The first-order chi connectivity index (χ1) is 12.0. The van der Waals surface area contributed by atoms with Gasteiger partial charge in [-0.2, -0.15) is 0 Å². The zero-order valence-corrected chi connectivity index (χ0v) is 14.5. The van der Waals surface area contributed by atoms with E-state index in [0.29, 0.717) is 24.2 Å². The average Bonchev–Trinajstić information content (AvgIpc) is 2.56. The maximum atomic E-state index is 11.9. The van der Waals surface area contributed by atoms with Crippen molar-refractivity contribution in [1.82, 2.24) is 0 Å². The van der Waals surface area contributed by atoms with Crippen LogP contribution >= 0.6 is 0 Å². The Labute approximate surface area is 148 Å². The lowest BCUT2D eigenvalue weighted by atomic mass is 10.1. The van der Waals surface area contributed by atoms with Gasteiger partial charge < -0.3 is 16.4 Å². The van der Waals surface area contributed by atoms with Crippen LogP contribution in [-0.4, -0.2) is 11.8 Å². The summed E-state index contributed by atoms with van der Waals surface area (Å²) in [7, 11) is 0. The summed E-state index contributed by atoms with van der Waals surface area (Å²) in [5.74, 6) is -0.0470. The molecular weight excluding hydrogens is 314 g/mol. The quantitative estimate of drug-likeness (QED) is 0.500. The second kappa shape index (κ2) is 9.47. The molecule has 4 N–H and O–H groups in total. The summed E-state index contributed by atoms with van der Waals surface area (Å²) in [5, 5.41) is 5.69. The van der Waals surface area contributed by atoms with Crippen LogP contribution in [-0.2, 0) is 9.59 Å². The molecule has 2 aromatic rings. The molecule has 0 atom stereocenters. The molecule has 5 heteroatoms. The van der Waals surface area contributed by atoms with Gasteiger partial charge in [-0.15, -0.1) is 0 Å². The number of hydrogen-bond acceptors (Lipinski definition) is 3. The van der Waals surface area contributed by atoms with Crippen LogP contribution < -0.4 is 16.4 Å². The van der Waals surface area contributed by atoms with E-state index in [1.165, 1.54) is 0 Å². The molecular formula is C20H25N3O2. The van der Waals surface area contributed by atoms with Crippen molar-refractivity contribution >= 4 is 28.9 Å². The highest BCUT2D eigenvalue weighted by molar-refractivity contribution is 5.93. The molecule has 0 radical (unpaired) electrons. The molecule has 0 aromatic heterocycles. The summed E-state index contributed by atoms with van der Waals surface area (Å²) < 4.78 is 0. The Hall–Kier alpha value is -2.82. The van der Waals surface area contributed by atoms with Crippen molar-refractivity contribution in [3.05, 3.63) is 54.1 Å². The number of carbonyl (C=O) groups is 2. The molecule has 0 heterocycles. The highest BCUT2D eigenvalue weighted by Gasteiger charge is 2.06. The van der Waals surface area contributed by atoms with E-state index in [9.17, 15) is 9.59 Å². The summed E-state index contributed by atoms with van der Waals surface area (Å²) >= 11 is 0. The Morgan fingerprint density at radius 2 is 1.56 bits per heavy atom. The first-order valence-electron chi connectivity index (χ1n) is 8.55. The van der Waals surface area contributed by atoms with Crippen LogP contribution in [0, 0.1) is 6.92 Å². The van der Waals surface area contributed by atoms with Crippen LogP contribution in [0.3, 0.4) is 0 Å². The van der Waals surface area contributed by atoms with Crippen LogP contribution in [0.25, 0.3) is 0 Å². The fraction of sp³-hybridized carbons (Fsp3) is 0.300. The maximum Gasteiger partial charge on any atom is 0.224 e. The molecule has 0 fully saturated rings. The van der Waals surface area contributed by atoms with Gasteiger partial charge in [0.2, 0.25) is 11.8 Å². The highest BCUT2D eigenvalue weighted by atomic mass is 16.2. The van der Waals surface area contributed by atoms with E-state index in [0.717, 1.165) is 30.5 Å². The summed E-state index contributed by atoms with van der Waals surface area (Å²) in [6.45, 7) is 1.99. The zero-order valence-electron chi connectivity index (χ0n) is 14.5. The lowest BCUT2D eigenvalue weighted by molar-refractivity contribution is -0.116. The molecule has 0 aliphatic heterocycles. The minimum atomic E-state index is -0.0536. The van der Waals surface area contributed by atoms with Crippen molar-refractivity contribution in [3.63, 3.8) is 0 Å². The summed E-state index contributed by atoms with van der Waals surface area (Å²) in [5.41, 5.74) is 8.93. The van der Waals surface area contributed by atoms with Gasteiger partial charge in [0.05, 0.1) is 11.4 Å². The lowest BCUT2D eigenvalue weighted by Gasteiger charge is -2.08. The molecule has 5 nitrogen and oxygen atoms in total. The Morgan fingerprint density at radius 1 is 0.880 bits per heavy atom. The molecule has 0 saturated carbocycles. The Morgan fingerprint density at radius 3 is 2.24 bits per heavy atom. The SMILES string of the molecule is Cc1cccc(NC(=O)CCCCCC(=O)Nc2ccccc2N)c1. The van der Waals surface area contributed by atoms with E-state index < -0.39 is 0 Å². The zero-order chi connectivity index (χ0) is 18.1. The third-order valence-corrected chi connectivity index (χ3v) is 3.84. The Kier molecular flexibility index (Phi) is 7.01. The minimum Gasteiger partial charge on any atom is -0.397 e. The predicted molar refractivity (Wildman–Crippen MR) is 102 cm³/mol. The number of carbonyl (C=O) groups excluding carboxylic acids is 2. The average molecular weight is 339 g/mol. The molecule has 0 saturated heterocycles. The van der Waals surface area contributed by atoms with E-state index in [1.54, 1.807) is 12.1 Å². The second-order valence-corrected chi connectivity index (χ2v) is 6.11. The number of aryl methyl sites for hydroxylation is 1. The van der Waals surface area contributed by atoms with Crippen molar-refractivity contribution in [2.75, 3.05) is 16.4 Å². The third-order valence-electron chi connectivity index (χ3n) is 3.84. The Bertz CT molecular complexity index is 728. The molecule has 0 aliphatic rings. The molecule has 25 heavy (non-hydrogen) atoms. The molecule has 0 bridgehead atoms. The fourth-order valence-corrected chi connectivity index (χ4v) is 2.52. The summed E-state index contributed by atoms with van der Waals surface area (Å²) in [6, 6.07) is 14.9. The molecule has 0 aliphatic carbocycles. The summed E-state index contributed by atoms with van der Waals surface area (Å²) in [4.78, 5) is 23.8. The van der Waals surface area contributed by atoms with Crippen LogP contribution in [0.5, 0.6) is 0 Å². The Balaban J connectivity index is 1.60. The molecule has 0 unspecified atom stereocenters. The third kappa shape index (κ3) is 6.67. The normalized spacial score (nSPS) is 10.3. The number of para-hydroxylation sites is 2. The number of rotatable bonds is 8. The van der Waals surface area contributed by atoms with Crippen LogP contribution in [0.15, 0.2) is 48.5 Å². The molecule has 2 amide bonds. The number of hydrogen-bond donors (Lipinski definition) is 3. The van der Waals surface area contributed by atoms with Gasteiger partial charge in [-0.25, -0.2) is 0 Å². The van der Waals surface area contributed by atoms with Gasteiger partial charge in [0.25, 0.3) is 0 Å². The fourth-order valence-electron chi connectivity index (χ4n) is 2.52. The number of unbranched alkanes of at least 4 members (excludes halogenated alkanes) is 2. The van der Waals surface area contributed by atoms with Crippen molar-refractivity contribution in [1.29, 1.82) is 0 Å². The van der Waals surface area contributed by atoms with E-state index in [2.05, 4.69) is 10.6 Å². The number of benzene rings is 2. The smallest absolute Gasteiger partial charge is 0.224 e. The number of amides is 2. The van der Waals surface area contributed by atoms with Crippen molar-refractivity contribution < 1.29 is 9.59 Å². The van der Waals surface area contributed by atoms with Gasteiger partial charge in [0.15, 0.2) is 0 Å². The van der Waals surface area contributed by atoms with Gasteiger partial charge in [-0.3, -0.25) is 9.59 Å². The minimum absolute atomic E-state index is 0.00658. The van der Waals surface area contributed by atoms with Crippen molar-refractivity contribution in [2.24, 2.45) is 0 Å². The van der Waals surface area contributed by atoms with E-state index in [1.807, 2.05) is 43.3 Å². The van der Waals surface area contributed by atoms with Gasteiger partial charge in [-0.1, -0.05) is 30.7 Å². The van der Waals surface area contributed by atoms with Crippen LogP contribution in [0.4, 0.5) is 17.1 Å². The number of anilines is 3. The molecule has 0 spiro atoms.